The van der Waals surface area contributed by atoms with Crippen LogP contribution < -0.4 is 0 Å². The van der Waals surface area contributed by atoms with Crippen molar-refractivity contribution in [3.8, 4) is 0 Å². The maximum absolute atomic E-state index is 13.1. The second-order valence-electron chi connectivity index (χ2n) is 7.64. The number of fused-ring (bicyclic) bond motifs is 1. The van der Waals surface area contributed by atoms with Crippen molar-refractivity contribution in [1.82, 2.24) is 14.1 Å². The number of piperidine rings is 1. The molecule has 26 heavy (non-hydrogen) atoms. The average Bonchev–Trinajstić information content (AvgIpc) is 2.62. The van der Waals surface area contributed by atoms with Crippen LogP contribution in [0.15, 0.2) is 17.0 Å². The first-order chi connectivity index (χ1) is 12.2. The Morgan fingerprint density at radius 1 is 1.12 bits per heavy atom. The molecule has 7 heteroatoms. The van der Waals surface area contributed by atoms with E-state index in [1.807, 2.05) is 17.9 Å². The Morgan fingerprint density at radius 3 is 2.54 bits per heavy atom. The summed E-state index contributed by atoms with van der Waals surface area (Å²) < 4.78 is 26.5. The van der Waals surface area contributed by atoms with Crippen molar-refractivity contribution >= 4 is 15.9 Å². The quantitative estimate of drug-likeness (QED) is 0.804. The monoisotopic (exact) mass is 379 g/mol. The normalized spacial score (nSPS) is 21.7. The minimum Gasteiger partial charge on any atom is -0.336 e. The third-order valence-corrected chi connectivity index (χ3v) is 7.69. The highest BCUT2D eigenvalue weighted by molar-refractivity contribution is 7.89. The van der Waals surface area contributed by atoms with E-state index in [4.69, 9.17) is 0 Å². The van der Waals surface area contributed by atoms with Gasteiger partial charge in [0.1, 0.15) is 0 Å². The van der Waals surface area contributed by atoms with Gasteiger partial charge in [-0.15, -0.1) is 0 Å². The second kappa shape index (κ2) is 7.29. The number of sulfonamides is 1. The van der Waals surface area contributed by atoms with Crippen LogP contribution in [0.3, 0.4) is 0 Å². The van der Waals surface area contributed by atoms with E-state index >= 15 is 0 Å². The summed E-state index contributed by atoms with van der Waals surface area (Å²) in [6.07, 6.45) is 3.60. The van der Waals surface area contributed by atoms with Gasteiger partial charge in [-0.25, -0.2) is 12.7 Å². The molecule has 6 nitrogen and oxygen atoms in total. The molecular formula is C19H29N3O3S. The molecular weight excluding hydrogens is 350 g/mol. The van der Waals surface area contributed by atoms with Crippen molar-refractivity contribution in [3.05, 3.63) is 28.8 Å². The Kier molecular flexibility index (Phi) is 5.42. The molecule has 2 heterocycles. The number of benzene rings is 1. The molecule has 2 saturated heterocycles. The van der Waals surface area contributed by atoms with Crippen molar-refractivity contribution in [2.75, 3.05) is 40.3 Å². The van der Waals surface area contributed by atoms with Gasteiger partial charge in [-0.3, -0.25) is 9.69 Å². The minimum absolute atomic E-state index is 0.0615. The molecule has 0 spiro atoms. The Morgan fingerprint density at radius 2 is 1.85 bits per heavy atom. The number of hydrogen-bond donors (Lipinski definition) is 0. The number of amides is 1. The van der Waals surface area contributed by atoms with E-state index < -0.39 is 10.0 Å². The molecule has 1 atom stereocenters. The summed E-state index contributed by atoms with van der Waals surface area (Å²) in [6, 6.07) is 3.81. The largest absolute Gasteiger partial charge is 0.336 e. The molecule has 1 amide bonds. The highest BCUT2D eigenvalue weighted by atomic mass is 32.2. The minimum atomic E-state index is -3.58. The number of carbonyl (C=O) groups excluding carboxylic acids is 1. The summed E-state index contributed by atoms with van der Waals surface area (Å²) in [7, 11) is -0.552. The molecule has 3 rings (SSSR count). The lowest BCUT2D eigenvalue weighted by molar-refractivity contribution is 0.0372. The second-order valence-corrected chi connectivity index (χ2v) is 9.76. The number of carbonyl (C=O) groups is 1. The standard InChI is InChI=1S/C19H29N3O3S/c1-14-11-16(12-18(15(14)2)26(24,25)20(3)4)19(23)22-10-9-21-8-6-5-7-17(21)13-22/h11-12,17H,5-10,13H2,1-4H3. The van der Waals surface area contributed by atoms with Crippen LogP contribution in [0.5, 0.6) is 0 Å². The third kappa shape index (κ3) is 3.52. The van der Waals surface area contributed by atoms with E-state index in [0.29, 0.717) is 23.7 Å². The molecule has 0 radical (unpaired) electrons. The van der Waals surface area contributed by atoms with Gasteiger partial charge in [-0.1, -0.05) is 6.42 Å². The van der Waals surface area contributed by atoms with Gasteiger partial charge < -0.3 is 4.90 Å². The summed E-state index contributed by atoms with van der Waals surface area (Å²) in [5.74, 6) is -0.0615. The topological polar surface area (TPSA) is 60.9 Å². The van der Waals surface area contributed by atoms with E-state index in [-0.39, 0.29) is 10.8 Å². The zero-order chi connectivity index (χ0) is 19.1. The Bertz CT molecular complexity index is 804. The lowest BCUT2D eigenvalue weighted by Gasteiger charge is -2.44. The fourth-order valence-electron chi connectivity index (χ4n) is 3.94. The van der Waals surface area contributed by atoms with E-state index in [9.17, 15) is 13.2 Å². The molecule has 0 bridgehead atoms. The maximum atomic E-state index is 13.1. The molecule has 2 aliphatic heterocycles. The van der Waals surface area contributed by atoms with Gasteiger partial charge in [0.25, 0.3) is 5.91 Å². The first-order valence-corrected chi connectivity index (χ1v) is 10.7. The number of hydrogen-bond acceptors (Lipinski definition) is 4. The van der Waals surface area contributed by atoms with Crippen molar-refractivity contribution in [3.63, 3.8) is 0 Å². The van der Waals surface area contributed by atoms with E-state index in [1.54, 1.807) is 13.0 Å². The van der Waals surface area contributed by atoms with E-state index in [1.165, 1.54) is 31.2 Å². The SMILES string of the molecule is Cc1cc(C(=O)N2CCN3CCCCC3C2)cc(S(=O)(=O)N(C)C)c1C. The first kappa shape index (κ1) is 19.3. The van der Waals surface area contributed by atoms with Gasteiger partial charge in [0, 0.05) is 45.3 Å². The van der Waals surface area contributed by atoms with Crippen molar-refractivity contribution in [2.24, 2.45) is 0 Å². The number of aryl methyl sites for hydroxylation is 1. The molecule has 0 aromatic heterocycles. The highest BCUT2D eigenvalue weighted by Gasteiger charge is 2.32. The number of rotatable bonds is 3. The Labute approximate surface area is 156 Å². The molecule has 2 fully saturated rings. The fraction of sp³-hybridized carbons (Fsp3) is 0.632. The van der Waals surface area contributed by atoms with E-state index in [0.717, 1.165) is 31.6 Å². The maximum Gasteiger partial charge on any atom is 0.254 e. The molecule has 0 aliphatic carbocycles. The lowest BCUT2D eigenvalue weighted by atomic mass is 9.98. The molecule has 2 aliphatic rings. The van der Waals surface area contributed by atoms with Crippen molar-refractivity contribution < 1.29 is 13.2 Å². The van der Waals surface area contributed by atoms with Crippen LogP contribution in [0.1, 0.15) is 40.7 Å². The van der Waals surface area contributed by atoms with E-state index in [2.05, 4.69) is 4.90 Å². The lowest BCUT2D eigenvalue weighted by Crippen LogP contribution is -2.56. The highest BCUT2D eigenvalue weighted by Crippen LogP contribution is 2.26. The van der Waals surface area contributed by atoms with Gasteiger partial charge in [0.15, 0.2) is 0 Å². The van der Waals surface area contributed by atoms with Gasteiger partial charge in [-0.2, -0.15) is 0 Å². The summed E-state index contributed by atoms with van der Waals surface area (Å²) >= 11 is 0. The van der Waals surface area contributed by atoms with Crippen molar-refractivity contribution in [1.29, 1.82) is 0 Å². The van der Waals surface area contributed by atoms with Crippen LogP contribution >= 0.6 is 0 Å². The molecule has 1 aromatic rings. The molecule has 1 unspecified atom stereocenters. The average molecular weight is 380 g/mol. The number of nitrogens with zero attached hydrogens (tertiary/aromatic N) is 3. The predicted octanol–water partition coefficient (Wildman–Crippen LogP) is 1.86. The number of piperazine rings is 1. The zero-order valence-electron chi connectivity index (χ0n) is 16.2. The van der Waals surface area contributed by atoms with Crippen LogP contribution in [0, 0.1) is 13.8 Å². The van der Waals surface area contributed by atoms with Gasteiger partial charge in [0.2, 0.25) is 10.0 Å². The summed E-state index contributed by atoms with van der Waals surface area (Å²) in [5, 5.41) is 0. The Hall–Kier alpha value is -1.44. The predicted molar refractivity (Wildman–Crippen MR) is 102 cm³/mol. The first-order valence-electron chi connectivity index (χ1n) is 9.29. The molecule has 0 saturated carbocycles. The molecule has 0 N–H and O–H groups in total. The van der Waals surface area contributed by atoms with Crippen LogP contribution in [0.25, 0.3) is 0 Å². The van der Waals surface area contributed by atoms with Crippen LogP contribution in [0.4, 0.5) is 0 Å². The summed E-state index contributed by atoms with van der Waals surface area (Å²) in [5.41, 5.74) is 2.00. The Balaban J connectivity index is 1.89. The third-order valence-electron chi connectivity index (χ3n) is 5.75. The van der Waals surface area contributed by atoms with Gasteiger partial charge >= 0.3 is 0 Å². The fourth-order valence-corrected chi connectivity index (χ4v) is 5.16. The van der Waals surface area contributed by atoms with Gasteiger partial charge in [-0.05, 0) is 56.5 Å². The summed E-state index contributed by atoms with van der Waals surface area (Å²) in [4.78, 5) is 17.7. The van der Waals surface area contributed by atoms with Crippen LogP contribution in [0.2, 0.25) is 0 Å². The summed E-state index contributed by atoms with van der Waals surface area (Å²) in [6.45, 7) is 7.13. The van der Waals surface area contributed by atoms with Gasteiger partial charge in [0.05, 0.1) is 4.90 Å². The van der Waals surface area contributed by atoms with Crippen LogP contribution in [-0.2, 0) is 10.0 Å². The molecule has 1 aromatic carbocycles. The van der Waals surface area contributed by atoms with Crippen molar-refractivity contribution in [2.45, 2.75) is 44.0 Å². The smallest absolute Gasteiger partial charge is 0.254 e. The molecule has 144 valence electrons. The van der Waals surface area contributed by atoms with Crippen LogP contribution in [-0.4, -0.2) is 74.7 Å². The zero-order valence-corrected chi connectivity index (χ0v) is 17.0.